The molecule has 1 atom stereocenters. The van der Waals surface area contributed by atoms with E-state index in [1.54, 1.807) is 4.90 Å². The van der Waals surface area contributed by atoms with Crippen LogP contribution < -0.4 is 4.90 Å². The number of aromatic nitrogens is 1. The molecule has 1 saturated heterocycles. The summed E-state index contributed by atoms with van der Waals surface area (Å²) in [5.41, 5.74) is 4.12. The number of amides is 1. The molecule has 0 radical (unpaired) electrons. The van der Waals surface area contributed by atoms with E-state index in [0.29, 0.717) is 23.1 Å². The first-order valence-corrected chi connectivity index (χ1v) is 10.7. The molecule has 3 aromatic rings. The predicted octanol–water partition coefficient (Wildman–Crippen LogP) is 5.32. The Morgan fingerprint density at radius 1 is 1.29 bits per heavy atom. The van der Waals surface area contributed by atoms with Crippen molar-refractivity contribution in [3.63, 3.8) is 0 Å². The summed E-state index contributed by atoms with van der Waals surface area (Å²) >= 11 is 7.72. The molecule has 0 aliphatic carbocycles. The van der Waals surface area contributed by atoms with Gasteiger partial charge < -0.3 is 4.74 Å². The molecule has 0 saturated carbocycles. The molecule has 146 valence electrons. The quantitative estimate of drug-likeness (QED) is 0.567. The van der Waals surface area contributed by atoms with E-state index in [0.717, 1.165) is 40.8 Å². The lowest BCUT2D eigenvalue weighted by Gasteiger charge is -2.23. The van der Waals surface area contributed by atoms with Crippen LogP contribution in [0.15, 0.2) is 36.4 Å². The third-order valence-electron chi connectivity index (χ3n) is 5.06. The van der Waals surface area contributed by atoms with Crippen LogP contribution in [0.5, 0.6) is 0 Å². The summed E-state index contributed by atoms with van der Waals surface area (Å²) < 4.78 is 6.80. The van der Waals surface area contributed by atoms with Gasteiger partial charge in [0.25, 0.3) is 0 Å². The minimum Gasteiger partial charge on any atom is -0.376 e. The molecule has 1 amide bonds. The minimum absolute atomic E-state index is 0.0437. The number of anilines is 1. The van der Waals surface area contributed by atoms with E-state index >= 15 is 0 Å². The van der Waals surface area contributed by atoms with Crippen LogP contribution in [-0.4, -0.2) is 30.1 Å². The molecule has 0 bridgehead atoms. The second kappa shape index (κ2) is 8.19. The number of hydrogen-bond acceptors (Lipinski definition) is 4. The topological polar surface area (TPSA) is 42.4 Å². The van der Waals surface area contributed by atoms with Crippen molar-refractivity contribution in [2.75, 3.05) is 18.1 Å². The highest BCUT2D eigenvalue weighted by Crippen LogP contribution is 2.34. The highest BCUT2D eigenvalue weighted by Gasteiger charge is 2.26. The maximum atomic E-state index is 13.2. The van der Waals surface area contributed by atoms with Crippen molar-refractivity contribution in [2.24, 2.45) is 0 Å². The number of fused-ring (bicyclic) bond motifs is 1. The largest absolute Gasteiger partial charge is 0.376 e. The Bertz CT molecular complexity index is 994. The number of carbonyl (C=O) groups excluding carboxylic acids is 1. The van der Waals surface area contributed by atoms with Crippen LogP contribution in [0.2, 0.25) is 5.02 Å². The van der Waals surface area contributed by atoms with Gasteiger partial charge in [-0.15, -0.1) is 0 Å². The summed E-state index contributed by atoms with van der Waals surface area (Å²) in [6, 6.07) is 11.9. The molecule has 4 nitrogen and oxygen atoms in total. The molecule has 1 aromatic heterocycles. The molecule has 4 rings (SSSR count). The molecule has 0 N–H and O–H groups in total. The number of benzene rings is 2. The lowest BCUT2D eigenvalue weighted by atomic mass is 10.1. The van der Waals surface area contributed by atoms with Gasteiger partial charge in [0.15, 0.2) is 5.13 Å². The zero-order valence-electron chi connectivity index (χ0n) is 16.1. The third kappa shape index (κ3) is 4.22. The van der Waals surface area contributed by atoms with Crippen molar-refractivity contribution in [1.82, 2.24) is 4.98 Å². The molecule has 1 aliphatic heterocycles. The average Bonchev–Trinajstić information content (AvgIpc) is 3.31. The van der Waals surface area contributed by atoms with Crippen molar-refractivity contribution in [3.8, 4) is 0 Å². The summed E-state index contributed by atoms with van der Waals surface area (Å²) in [4.78, 5) is 19.8. The van der Waals surface area contributed by atoms with Crippen LogP contribution in [-0.2, 0) is 16.0 Å². The van der Waals surface area contributed by atoms with E-state index in [-0.39, 0.29) is 12.0 Å². The van der Waals surface area contributed by atoms with Crippen LogP contribution in [0.4, 0.5) is 5.13 Å². The molecular weight excluding hydrogens is 392 g/mol. The van der Waals surface area contributed by atoms with Gasteiger partial charge in [-0.2, -0.15) is 0 Å². The molecule has 1 unspecified atom stereocenters. The van der Waals surface area contributed by atoms with E-state index in [1.807, 2.05) is 50.2 Å². The number of aryl methyl sites for hydroxylation is 2. The molecule has 2 aromatic carbocycles. The second-order valence-corrected chi connectivity index (χ2v) is 8.81. The van der Waals surface area contributed by atoms with Gasteiger partial charge in [0.1, 0.15) is 0 Å². The van der Waals surface area contributed by atoms with Crippen LogP contribution in [0, 0.1) is 13.8 Å². The molecule has 1 aliphatic rings. The Hall–Kier alpha value is -1.95. The smallest absolute Gasteiger partial charge is 0.233 e. The Labute approximate surface area is 174 Å². The van der Waals surface area contributed by atoms with Gasteiger partial charge in [-0.1, -0.05) is 52.8 Å². The van der Waals surface area contributed by atoms with Gasteiger partial charge in [-0.25, -0.2) is 4.98 Å². The standard InChI is InChI=1S/C22H23ClN2O2S/c1-14-5-7-16(8-6-14)11-20(26)25(13-18-4-3-9-27-18)22-24-21-15(2)10-17(23)12-19(21)28-22/h5-8,10,12,18H,3-4,9,11,13H2,1-2H3. The Kier molecular flexibility index (Phi) is 5.67. The van der Waals surface area contributed by atoms with Gasteiger partial charge in [-0.05, 0) is 49.9 Å². The fourth-order valence-electron chi connectivity index (χ4n) is 3.51. The normalized spacial score (nSPS) is 16.6. The lowest BCUT2D eigenvalue weighted by molar-refractivity contribution is -0.118. The summed E-state index contributed by atoms with van der Waals surface area (Å²) in [6.45, 7) is 5.34. The number of rotatable bonds is 5. The highest BCUT2D eigenvalue weighted by molar-refractivity contribution is 7.22. The Morgan fingerprint density at radius 3 is 2.79 bits per heavy atom. The molecule has 6 heteroatoms. The fraction of sp³-hybridized carbons (Fsp3) is 0.364. The summed E-state index contributed by atoms with van der Waals surface area (Å²) in [6.07, 6.45) is 2.44. The first-order chi connectivity index (χ1) is 13.5. The predicted molar refractivity (Wildman–Crippen MR) is 116 cm³/mol. The van der Waals surface area contributed by atoms with Crippen LogP contribution in [0.1, 0.15) is 29.5 Å². The van der Waals surface area contributed by atoms with Gasteiger partial charge in [0, 0.05) is 11.6 Å². The van der Waals surface area contributed by atoms with Crippen LogP contribution >= 0.6 is 22.9 Å². The number of hydrogen-bond donors (Lipinski definition) is 0. The maximum absolute atomic E-state index is 13.2. The summed E-state index contributed by atoms with van der Waals surface area (Å²) in [7, 11) is 0. The van der Waals surface area contributed by atoms with Crippen molar-refractivity contribution in [1.29, 1.82) is 0 Å². The minimum atomic E-state index is 0.0437. The van der Waals surface area contributed by atoms with E-state index in [4.69, 9.17) is 21.3 Å². The zero-order valence-corrected chi connectivity index (χ0v) is 17.6. The molecule has 2 heterocycles. The molecular formula is C22H23ClN2O2S. The first kappa shape index (κ1) is 19.4. The fourth-order valence-corrected chi connectivity index (χ4v) is 4.96. The average molecular weight is 415 g/mol. The van der Waals surface area contributed by atoms with Crippen molar-refractivity contribution in [2.45, 2.75) is 39.2 Å². The van der Waals surface area contributed by atoms with Gasteiger partial charge in [0.05, 0.1) is 29.3 Å². The molecule has 28 heavy (non-hydrogen) atoms. The third-order valence-corrected chi connectivity index (χ3v) is 6.30. The second-order valence-electron chi connectivity index (χ2n) is 7.37. The Morgan fingerprint density at radius 2 is 2.07 bits per heavy atom. The van der Waals surface area contributed by atoms with Crippen LogP contribution in [0.25, 0.3) is 10.2 Å². The van der Waals surface area contributed by atoms with E-state index in [9.17, 15) is 4.79 Å². The van der Waals surface area contributed by atoms with Gasteiger partial charge in [0.2, 0.25) is 5.91 Å². The highest BCUT2D eigenvalue weighted by atomic mass is 35.5. The number of thiazole rings is 1. The maximum Gasteiger partial charge on any atom is 0.233 e. The number of ether oxygens (including phenoxy) is 1. The molecule has 1 fully saturated rings. The zero-order chi connectivity index (χ0) is 19.7. The van der Waals surface area contributed by atoms with Crippen molar-refractivity contribution < 1.29 is 9.53 Å². The summed E-state index contributed by atoms with van der Waals surface area (Å²) in [5.74, 6) is 0.0437. The van der Waals surface area contributed by atoms with E-state index in [1.165, 1.54) is 16.9 Å². The lowest BCUT2D eigenvalue weighted by Crippen LogP contribution is -2.38. The van der Waals surface area contributed by atoms with Crippen LogP contribution in [0.3, 0.4) is 0 Å². The summed E-state index contributed by atoms with van der Waals surface area (Å²) in [5, 5.41) is 1.41. The Balaban J connectivity index is 1.65. The van der Waals surface area contributed by atoms with Crippen molar-refractivity contribution in [3.05, 3.63) is 58.1 Å². The monoisotopic (exact) mass is 414 g/mol. The first-order valence-electron chi connectivity index (χ1n) is 9.54. The van der Waals surface area contributed by atoms with Gasteiger partial charge >= 0.3 is 0 Å². The van der Waals surface area contributed by atoms with E-state index in [2.05, 4.69) is 0 Å². The van der Waals surface area contributed by atoms with E-state index < -0.39 is 0 Å². The van der Waals surface area contributed by atoms with Crippen molar-refractivity contribution >= 4 is 44.2 Å². The number of carbonyl (C=O) groups is 1. The number of nitrogens with zero attached hydrogens (tertiary/aromatic N) is 2. The molecule has 0 spiro atoms. The number of halogens is 1. The SMILES string of the molecule is Cc1ccc(CC(=O)N(CC2CCCO2)c2nc3c(C)cc(Cl)cc3s2)cc1. The van der Waals surface area contributed by atoms with Gasteiger partial charge in [-0.3, -0.25) is 9.69 Å².